The number of esters is 1. The summed E-state index contributed by atoms with van der Waals surface area (Å²) in [5.41, 5.74) is 2.67. The van der Waals surface area contributed by atoms with Gasteiger partial charge in [-0.25, -0.2) is 18.4 Å². The maximum atomic E-state index is 13.7. The number of urea groups is 1. The van der Waals surface area contributed by atoms with Gasteiger partial charge in [-0.1, -0.05) is 12.1 Å². The normalized spacial score (nSPS) is 14.4. The molecular weight excluding hydrogens is 540 g/mol. The number of fused-ring (bicyclic) bond motifs is 2. The highest BCUT2D eigenvalue weighted by Crippen LogP contribution is 2.39. The SMILES string of the molecule is CCNC(=O)Nc1sc2c(c1C(=O)OC(C)(C)C)CCCC2.Fc1cccc(-c2cc3c(s2)CNCC3)c1F. The zero-order valence-corrected chi connectivity index (χ0v) is 24.4. The summed E-state index contributed by atoms with van der Waals surface area (Å²) < 4.78 is 32.4. The van der Waals surface area contributed by atoms with Crippen LogP contribution in [0.1, 0.15) is 71.8 Å². The average Bonchev–Trinajstić information content (AvgIpc) is 3.46. The van der Waals surface area contributed by atoms with E-state index in [-0.39, 0.29) is 12.0 Å². The number of carbonyl (C=O) groups is 2. The lowest BCUT2D eigenvalue weighted by Gasteiger charge is -2.21. The second-order valence-electron chi connectivity index (χ2n) is 10.5. The van der Waals surface area contributed by atoms with Gasteiger partial charge in [0.25, 0.3) is 0 Å². The minimum Gasteiger partial charge on any atom is -0.456 e. The third-order valence-electron chi connectivity index (χ3n) is 6.31. The number of hydrogen-bond acceptors (Lipinski definition) is 6. The Morgan fingerprint density at radius 1 is 1.08 bits per heavy atom. The summed E-state index contributed by atoms with van der Waals surface area (Å²) >= 11 is 3.04. The van der Waals surface area contributed by atoms with Crippen molar-refractivity contribution in [1.82, 2.24) is 10.6 Å². The highest BCUT2D eigenvalue weighted by atomic mass is 32.1. The Balaban J connectivity index is 0.000000186. The molecular formula is C29H35F2N3O3S2. The minimum atomic E-state index is -0.785. The van der Waals surface area contributed by atoms with Crippen molar-refractivity contribution in [2.24, 2.45) is 0 Å². The molecule has 5 rings (SSSR count). The second-order valence-corrected chi connectivity index (χ2v) is 12.7. The molecule has 3 N–H and O–H groups in total. The largest absolute Gasteiger partial charge is 0.456 e. The number of aryl methyl sites for hydroxylation is 1. The molecule has 0 unspecified atom stereocenters. The van der Waals surface area contributed by atoms with Gasteiger partial charge in [-0.15, -0.1) is 22.7 Å². The van der Waals surface area contributed by atoms with Gasteiger partial charge in [-0.05, 0) is 89.6 Å². The predicted octanol–water partition coefficient (Wildman–Crippen LogP) is 7.06. The molecule has 1 aliphatic heterocycles. The molecule has 39 heavy (non-hydrogen) atoms. The summed E-state index contributed by atoms with van der Waals surface area (Å²) in [6, 6.07) is 6.02. The Kier molecular flexibility index (Phi) is 9.40. The third kappa shape index (κ3) is 7.23. The molecule has 0 fully saturated rings. The van der Waals surface area contributed by atoms with Crippen LogP contribution in [0.25, 0.3) is 10.4 Å². The molecule has 0 saturated heterocycles. The summed E-state index contributed by atoms with van der Waals surface area (Å²) in [6.45, 7) is 9.72. The van der Waals surface area contributed by atoms with E-state index in [0.29, 0.717) is 22.7 Å². The molecule has 0 saturated carbocycles. The van der Waals surface area contributed by atoms with Crippen LogP contribution in [-0.2, 0) is 30.5 Å². The number of carbonyl (C=O) groups excluding carboxylic acids is 2. The van der Waals surface area contributed by atoms with Gasteiger partial charge in [-0.3, -0.25) is 5.32 Å². The molecule has 2 amide bonds. The van der Waals surface area contributed by atoms with Crippen molar-refractivity contribution >= 4 is 39.7 Å². The lowest BCUT2D eigenvalue weighted by molar-refractivity contribution is 0.00699. The number of benzene rings is 1. The average molecular weight is 576 g/mol. The standard InChI is InChI=1S/C16H24N2O3S.C13H11F2NS/c1-5-17-15(20)18-13-12(14(19)21-16(2,3)4)10-8-6-7-9-11(10)22-13;14-10-3-1-2-9(13(10)15)11-6-8-4-5-16-7-12(8)17-11/h5-9H2,1-4H3,(H2,17,18,20);1-3,6,16H,4-5,7H2. The second kappa shape index (κ2) is 12.6. The third-order valence-corrected chi connectivity index (χ3v) is 8.73. The van der Waals surface area contributed by atoms with Gasteiger partial charge >= 0.3 is 12.0 Å². The van der Waals surface area contributed by atoms with Crippen molar-refractivity contribution in [3.63, 3.8) is 0 Å². The van der Waals surface area contributed by atoms with E-state index in [1.165, 1.54) is 26.7 Å². The summed E-state index contributed by atoms with van der Waals surface area (Å²) in [4.78, 5) is 27.6. The van der Waals surface area contributed by atoms with Gasteiger partial charge < -0.3 is 15.4 Å². The number of ether oxygens (including phenoxy) is 1. The molecule has 3 heterocycles. The van der Waals surface area contributed by atoms with Crippen molar-refractivity contribution in [2.75, 3.05) is 18.4 Å². The molecule has 10 heteroatoms. The Labute approximate surface area is 236 Å². The summed E-state index contributed by atoms with van der Waals surface area (Å²) in [5.74, 6) is -1.88. The predicted molar refractivity (Wildman–Crippen MR) is 154 cm³/mol. The van der Waals surface area contributed by atoms with E-state index in [1.807, 2.05) is 33.8 Å². The maximum Gasteiger partial charge on any atom is 0.341 e. The van der Waals surface area contributed by atoms with Crippen LogP contribution in [-0.4, -0.2) is 30.7 Å². The van der Waals surface area contributed by atoms with Gasteiger partial charge in [0.1, 0.15) is 10.6 Å². The van der Waals surface area contributed by atoms with E-state index in [1.54, 1.807) is 23.5 Å². The van der Waals surface area contributed by atoms with Crippen LogP contribution in [0.15, 0.2) is 24.3 Å². The number of hydrogen-bond donors (Lipinski definition) is 3. The van der Waals surface area contributed by atoms with E-state index < -0.39 is 17.2 Å². The monoisotopic (exact) mass is 575 g/mol. The van der Waals surface area contributed by atoms with Crippen LogP contribution < -0.4 is 16.0 Å². The molecule has 6 nitrogen and oxygen atoms in total. The Hall–Kier alpha value is -2.82. The fraction of sp³-hybridized carbons (Fsp3) is 0.448. The van der Waals surface area contributed by atoms with Crippen LogP contribution in [0.4, 0.5) is 18.6 Å². The zero-order chi connectivity index (χ0) is 28.2. The summed E-state index contributed by atoms with van der Waals surface area (Å²) in [7, 11) is 0. The van der Waals surface area contributed by atoms with Crippen LogP contribution in [0.2, 0.25) is 0 Å². The number of anilines is 1. The Morgan fingerprint density at radius 2 is 1.85 bits per heavy atom. The van der Waals surface area contributed by atoms with Crippen LogP contribution >= 0.6 is 22.7 Å². The molecule has 1 aliphatic carbocycles. The lowest BCUT2D eigenvalue weighted by Crippen LogP contribution is -2.29. The number of rotatable bonds is 4. The molecule has 0 atom stereocenters. The van der Waals surface area contributed by atoms with Gasteiger partial charge in [0, 0.05) is 33.3 Å². The van der Waals surface area contributed by atoms with Crippen LogP contribution in [0, 0.1) is 11.6 Å². The quantitative estimate of drug-likeness (QED) is 0.291. The first-order valence-electron chi connectivity index (χ1n) is 13.3. The fourth-order valence-electron chi connectivity index (χ4n) is 4.59. The first kappa shape index (κ1) is 29.2. The van der Waals surface area contributed by atoms with Crippen LogP contribution in [0.3, 0.4) is 0 Å². The molecule has 1 aromatic carbocycles. The minimum absolute atomic E-state index is 0.286. The lowest BCUT2D eigenvalue weighted by atomic mass is 9.95. The van der Waals surface area contributed by atoms with Crippen molar-refractivity contribution in [3.8, 4) is 10.4 Å². The van der Waals surface area contributed by atoms with E-state index in [0.717, 1.165) is 61.7 Å². The van der Waals surface area contributed by atoms with Crippen molar-refractivity contribution in [2.45, 2.75) is 71.9 Å². The van der Waals surface area contributed by atoms with E-state index in [9.17, 15) is 18.4 Å². The smallest absolute Gasteiger partial charge is 0.341 e. The van der Waals surface area contributed by atoms with Crippen molar-refractivity contribution in [1.29, 1.82) is 0 Å². The highest BCUT2D eigenvalue weighted by Gasteiger charge is 2.29. The fourth-order valence-corrected chi connectivity index (χ4v) is 7.06. The highest BCUT2D eigenvalue weighted by molar-refractivity contribution is 7.17. The Bertz CT molecular complexity index is 1320. The van der Waals surface area contributed by atoms with E-state index in [4.69, 9.17) is 4.74 Å². The molecule has 3 aromatic rings. The van der Waals surface area contributed by atoms with Gasteiger partial charge in [0.05, 0.1) is 5.56 Å². The molecule has 0 spiro atoms. The van der Waals surface area contributed by atoms with Gasteiger partial charge in [-0.2, -0.15) is 0 Å². The number of thiophene rings is 2. The topological polar surface area (TPSA) is 79.5 Å². The molecule has 210 valence electrons. The van der Waals surface area contributed by atoms with Gasteiger partial charge in [0.2, 0.25) is 0 Å². The van der Waals surface area contributed by atoms with Gasteiger partial charge in [0.15, 0.2) is 11.6 Å². The van der Waals surface area contributed by atoms with Crippen molar-refractivity contribution < 1.29 is 23.1 Å². The molecule has 0 radical (unpaired) electrons. The summed E-state index contributed by atoms with van der Waals surface area (Å²) in [6.07, 6.45) is 5.00. The summed E-state index contributed by atoms with van der Waals surface area (Å²) in [5, 5.41) is 9.37. The van der Waals surface area contributed by atoms with Crippen LogP contribution in [0.5, 0.6) is 0 Å². The van der Waals surface area contributed by atoms with Crippen molar-refractivity contribution in [3.05, 3.63) is 62.3 Å². The molecule has 0 bridgehead atoms. The Morgan fingerprint density at radius 3 is 2.56 bits per heavy atom. The molecule has 2 aliphatic rings. The zero-order valence-electron chi connectivity index (χ0n) is 22.8. The van der Waals surface area contributed by atoms with E-state index >= 15 is 0 Å². The number of amides is 2. The van der Waals surface area contributed by atoms with E-state index in [2.05, 4.69) is 16.0 Å². The number of halogens is 2. The first-order chi connectivity index (χ1) is 18.6. The molecule has 2 aromatic heterocycles. The number of nitrogens with one attached hydrogen (secondary N) is 3. The maximum absolute atomic E-state index is 13.7. The first-order valence-corrected chi connectivity index (χ1v) is 14.9.